The SMILES string of the molecule is CC(C)(C)c1nc(NC(=O)CCCCl)sc1C(C[N+](=O)[O-])c1ccc(Cl)cc1. The third-order valence-corrected chi connectivity index (χ3v) is 5.67. The van der Waals surface area contributed by atoms with Crippen LogP contribution >= 0.6 is 34.5 Å². The van der Waals surface area contributed by atoms with Crippen LogP contribution in [0.2, 0.25) is 5.02 Å². The summed E-state index contributed by atoms with van der Waals surface area (Å²) in [6.45, 7) is 5.72. The Balaban J connectivity index is 2.46. The largest absolute Gasteiger partial charge is 0.302 e. The first-order valence-electron chi connectivity index (χ1n) is 8.86. The average molecular weight is 444 g/mol. The number of nitrogens with one attached hydrogen (secondary N) is 1. The summed E-state index contributed by atoms with van der Waals surface area (Å²) in [5, 5.41) is 15.2. The van der Waals surface area contributed by atoms with Gasteiger partial charge in [-0.15, -0.1) is 22.9 Å². The molecule has 1 aromatic carbocycles. The Morgan fingerprint density at radius 1 is 1.32 bits per heavy atom. The summed E-state index contributed by atoms with van der Waals surface area (Å²) in [7, 11) is 0. The van der Waals surface area contributed by atoms with Crippen LogP contribution in [0.4, 0.5) is 5.13 Å². The summed E-state index contributed by atoms with van der Waals surface area (Å²) in [6, 6.07) is 7.02. The molecule has 0 bridgehead atoms. The molecule has 1 N–H and O–H groups in total. The number of anilines is 1. The maximum atomic E-state index is 12.1. The van der Waals surface area contributed by atoms with Gasteiger partial charge in [0.25, 0.3) is 0 Å². The fourth-order valence-electron chi connectivity index (χ4n) is 2.75. The van der Waals surface area contributed by atoms with Crippen molar-refractivity contribution in [2.45, 2.75) is 44.9 Å². The lowest BCUT2D eigenvalue weighted by Crippen LogP contribution is -2.20. The second-order valence-corrected chi connectivity index (χ2v) is 9.29. The molecule has 0 aliphatic rings. The summed E-state index contributed by atoms with van der Waals surface area (Å²) in [6.07, 6.45) is 0.880. The number of amides is 1. The standard InChI is InChI=1S/C19H23Cl2N3O3S/c1-19(2,3)17-16(28-18(23-17)22-15(25)5-4-10-20)14(11-24(26)27)12-6-8-13(21)9-7-12/h6-9,14H,4-5,10-11H2,1-3H3,(H,22,23,25). The van der Waals surface area contributed by atoms with Gasteiger partial charge in [0.05, 0.1) is 11.6 Å². The van der Waals surface area contributed by atoms with E-state index in [-0.39, 0.29) is 22.8 Å². The van der Waals surface area contributed by atoms with Crippen LogP contribution in [0.25, 0.3) is 0 Å². The Morgan fingerprint density at radius 2 is 1.96 bits per heavy atom. The Morgan fingerprint density at radius 3 is 2.50 bits per heavy atom. The van der Waals surface area contributed by atoms with Crippen molar-refractivity contribution in [1.29, 1.82) is 0 Å². The fraction of sp³-hybridized carbons (Fsp3) is 0.474. The number of benzene rings is 1. The number of alkyl halides is 1. The highest BCUT2D eigenvalue weighted by Crippen LogP contribution is 2.40. The van der Waals surface area contributed by atoms with Crippen molar-refractivity contribution in [1.82, 2.24) is 4.98 Å². The van der Waals surface area contributed by atoms with Gasteiger partial charge in [-0.25, -0.2) is 4.98 Å². The van der Waals surface area contributed by atoms with Crippen LogP contribution in [-0.2, 0) is 10.2 Å². The van der Waals surface area contributed by atoms with Gasteiger partial charge in [0.1, 0.15) is 0 Å². The third-order valence-electron chi connectivity index (χ3n) is 4.07. The van der Waals surface area contributed by atoms with Crippen molar-refractivity contribution in [3.8, 4) is 0 Å². The van der Waals surface area contributed by atoms with Crippen molar-refractivity contribution in [2.24, 2.45) is 0 Å². The van der Waals surface area contributed by atoms with E-state index in [2.05, 4.69) is 10.3 Å². The number of hydrogen-bond acceptors (Lipinski definition) is 5. The van der Waals surface area contributed by atoms with Crippen LogP contribution in [0.15, 0.2) is 24.3 Å². The zero-order valence-corrected chi connectivity index (χ0v) is 18.3. The lowest BCUT2D eigenvalue weighted by Gasteiger charge is -2.21. The van der Waals surface area contributed by atoms with Crippen molar-refractivity contribution in [2.75, 3.05) is 17.7 Å². The zero-order valence-electron chi connectivity index (χ0n) is 16.0. The molecule has 0 saturated carbocycles. The number of nitro groups is 1. The van der Waals surface area contributed by atoms with Gasteiger partial charge in [-0.1, -0.05) is 44.5 Å². The lowest BCUT2D eigenvalue weighted by atomic mass is 9.86. The Bertz CT molecular complexity index is 832. The highest BCUT2D eigenvalue weighted by atomic mass is 35.5. The maximum Gasteiger partial charge on any atom is 0.226 e. The third kappa shape index (κ3) is 6.15. The summed E-state index contributed by atoms with van der Waals surface area (Å²) < 4.78 is 0. The summed E-state index contributed by atoms with van der Waals surface area (Å²) in [5.41, 5.74) is 1.19. The van der Waals surface area contributed by atoms with Gasteiger partial charge >= 0.3 is 0 Å². The zero-order chi connectivity index (χ0) is 20.9. The van der Waals surface area contributed by atoms with Gasteiger partial charge in [-0.3, -0.25) is 14.9 Å². The summed E-state index contributed by atoms with van der Waals surface area (Å²) >= 11 is 12.9. The van der Waals surface area contributed by atoms with E-state index in [1.54, 1.807) is 24.3 Å². The maximum absolute atomic E-state index is 12.1. The van der Waals surface area contributed by atoms with Gasteiger partial charge in [0.15, 0.2) is 5.13 Å². The van der Waals surface area contributed by atoms with E-state index in [1.807, 2.05) is 20.8 Å². The molecule has 0 aliphatic heterocycles. The molecular formula is C19H23Cl2N3O3S. The second-order valence-electron chi connectivity index (χ2n) is 7.44. The van der Waals surface area contributed by atoms with E-state index in [1.165, 1.54) is 11.3 Å². The van der Waals surface area contributed by atoms with Gasteiger partial charge in [-0.05, 0) is 24.1 Å². The first-order valence-corrected chi connectivity index (χ1v) is 10.6. The molecule has 1 aromatic heterocycles. The number of rotatable bonds is 8. The molecule has 152 valence electrons. The van der Waals surface area contributed by atoms with Gasteiger partial charge in [0.2, 0.25) is 12.5 Å². The van der Waals surface area contributed by atoms with E-state index in [0.29, 0.717) is 28.9 Å². The van der Waals surface area contributed by atoms with Crippen molar-refractivity contribution in [3.05, 3.63) is 55.5 Å². The number of carbonyl (C=O) groups is 1. The quantitative estimate of drug-likeness (QED) is 0.333. The molecule has 28 heavy (non-hydrogen) atoms. The fourth-order valence-corrected chi connectivity index (χ4v) is 4.32. The minimum Gasteiger partial charge on any atom is -0.302 e. The monoisotopic (exact) mass is 443 g/mol. The molecule has 1 unspecified atom stereocenters. The minimum atomic E-state index is -0.479. The lowest BCUT2D eigenvalue weighted by molar-refractivity contribution is -0.481. The molecule has 0 aliphatic carbocycles. The molecule has 0 radical (unpaired) electrons. The van der Waals surface area contributed by atoms with Crippen molar-refractivity contribution < 1.29 is 9.72 Å². The number of hydrogen-bond donors (Lipinski definition) is 1. The first-order chi connectivity index (χ1) is 13.1. The van der Waals surface area contributed by atoms with E-state index in [9.17, 15) is 14.9 Å². The summed E-state index contributed by atoms with van der Waals surface area (Å²) in [5.74, 6) is -0.239. The van der Waals surface area contributed by atoms with Crippen LogP contribution in [-0.4, -0.2) is 28.2 Å². The first kappa shape index (κ1) is 22.6. The number of aromatic nitrogens is 1. The van der Waals surface area contributed by atoms with Gasteiger partial charge in [-0.2, -0.15) is 0 Å². The van der Waals surface area contributed by atoms with Crippen LogP contribution in [0.1, 0.15) is 55.7 Å². The minimum absolute atomic E-state index is 0.168. The van der Waals surface area contributed by atoms with E-state index >= 15 is 0 Å². The average Bonchev–Trinajstić information content (AvgIpc) is 3.02. The van der Waals surface area contributed by atoms with Crippen LogP contribution in [0, 0.1) is 10.1 Å². The van der Waals surface area contributed by atoms with Crippen LogP contribution in [0.3, 0.4) is 0 Å². The highest BCUT2D eigenvalue weighted by Gasteiger charge is 2.32. The second kappa shape index (κ2) is 9.67. The highest BCUT2D eigenvalue weighted by molar-refractivity contribution is 7.16. The molecule has 2 aromatic rings. The molecule has 0 fully saturated rings. The van der Waals surface area contributed by atoms with Crippen LogP contribution < -0.4 is 5.32 Å². The Kier molecular flexibility index (Phi) is 7.80. The Labute approximate surface area is 178 Å². The molecule has 1 atom stereocenters. The molecule has 0 spiro atoms. The predicted molar refractivity (Wildman–Crippen MR) is 115 cm³/mol. The molecule has 2 rings (SSSR count). The molecule has 6 nitrogen and oxygen atoms in total. The van der Waals surface area contributed by atoms with Crippen molar-refractivity contribution in [3.63, 3.8) is 0 Å². The van der Waals surface area contributed by atoms with Gasteiger partial charge < -0.3 is 5.32 Å². The molecular weight excluding hydrogens is 421 g/mol. The topological polar surface area (TPSA) is 85.1 Å². The van der Waals surface area contributed by atoms with Crippen LogP contribution in [0.5, 0.6) is 0 Å². The molecule has 1 amide bonds. The normalized spacial score (nSPS) is 12.6. The number of thiazole rings is 1. The number of nitrogens with zero attached hydrogens (tertiary/aromatic N) is 2. The Hall–Kier alpha value is -1.70. The summed E-state index contributed by atoms with van der Waals surface area (Å²) in [4.78, 5) is 28.5. The molecule has 9 heteroatoms. The van der Waals surface area contributed by atoms with E-state index < -0.39 is 5.92 Å². The molecule has 0 saturated heterocycles. The number of halogens is 2. The number of carbonyl (C=O) groups excluding carboxylic acids is 1. The van der Waals surface area contributed by atoms with Gasteiger partial charge in [0, 0.05) is 32.5 Å². The smallest absolute Gasteiger partial charge is 0.226 e. The van der Waals surface area contributed by atoms with E-state index in [4.69, 9.17) is 23.2 Å². The predicted octanol–water partition coefficient (Wildman–Crippen LogP) is 5.46. The molecule has 1 heterocycles. The van der Waals surface area contributed by atoms with E-state index in [0.717, 1.165) is 16.1 Å². The van der Waals surface area contributed by atoms with Crippen molar-refractivity contribution >= 4 is 45.6 Å².